The molecule has 3 amide bonds. The average molecular weight is 426 g/mol. The van der Waals surface area contributed by atoms with E-state index in [2.05, 4.69) is 10.6 Å². The Morgan fingerprint density at radius 1 is 1.19 bits per heavy atom. The maximum atomic E-state index is 13.7. The van der Waals surface area contributed by atoms with E-state index in [1.54, 1.807) is 6.07 Å². The molecule has 0 aromatic heterocycles. The second kappa shape index (κ2) is 9.73. The van der Waals surface area contributed by atoms with Gasteiger partial charge in [-0.1, -0.05) is 32.1 Å². The number of carbonyl (C=O) groups is 3. The van der Waals surface area contributed by atoms with Crippen LogP contribution in [-0.4, -0.2) is 41.8 Å². The Morgan fingerprint density at radius 2 is 1.84 bits per heavy atom. The lowest BCUT2D eigenvalue weighted by Gasteiger charge is -2.27. The van der Waals surface area contributed by atoms with Gasteiger partial charge in [0.2, 0.25) is 17.7 Å². The van der Waals surface area contributed by atoms with Crippen LogP contribution in [0.25, 0.3) is 0 Å². The Balaban J connectivity index is 1.63. The van der Waals surface area contributed by atoms with E-state index in [-0.39, 0.29) is 54.1 Å². The molecule has 7 nitrogen and oxygen atoms in total. The van der Waals surface area contributed by atoms with Crippen molar-refractivity contribution < 1.29 is 18.8 Å². The number of halogens is 1. The Labute approximate surface area is 181 Å². The number of likely N-dealkylation sites (tertiary alicyclic amines) is 1. The fraction of sp³-hybridized carbons (Fsp3) is 0.478. The first kappa shape index (κ1) is 22.5. The zero-order valence-electron chi connectivity index (χ0n) is 17.7. The highest BCUT2D eigenvalue weighted by Crippen LogP contribution is 2.37. The number of fused-ring (bicyclic) bond motifs is 1. The lowest BCUT2D eigenvalue weighted by molar-refractivity contribution is -0.148. The van der Waals surface area contributed by atoms with E-state index in [1.165, 1.54) is 17.0 Å². The number of benzene rings is 1. The lowest BCUT2D eigenvalue weighted by Crippen LogP contribution is -2.51. The number of hydrogen-bond donors (Lipinski definition) is 2. The highest BCUT2D eigenvalue weighted by atomic mass is 19.1. The van der Waals surface area contributed by atoms with Crippen LogP contribution in [0, 0.1) is 34.9 Å². The van der Waals surface area contributed by atoms with Crippen molar-refractivity contribution in [3.63, 3.8) is 0 Å². The molecule has 1 aliphatic heterocycles. The van der Waals surface area contributed by atoms with E-state index in [0.29, 0.717) is 24.9 Å². The molecule has 0 bridgehead atoms. The number of anilines is 1. The third-order valence-electron chi connectivity index (χ3n) is 5.72. The third kappa shape index (κ3) is 4.76. The van der Waals surface area contributed by atoms with Gasteiger partial charge in [0.05, 0.1) is 17.5 Å². The molecule has 8 heteroatoms. The number of allylic oxidation sites excluding steroid dienone is 2. The van der Waals surface area contributed by atoms with Crippen molar-refractivity contribution in [3.8, 4) is 6.07 Å². The number of nitrogens with one attached hydrogen (secondary N) is 2. The summed E-state index contributed by atoms with van der Waals surface area (Å²) in [6.07, 6.45) is 5.27. The predicted octanol–water partition coefficient (Wildman–Crippen LogP) is 2.59. The van der Waals surface area contributed by atoms with Crippen LogP contribution in [-0.2, 0) is 14.4 Å². The lowest BCUT2D eigenvalue weighted by atomic mass is 9.85. The molecule has 1 aliphatic carbocycles. The van der Waals surface area contributed by atoms with Crippen molar-refractivity contribution in [1.29, 1.82) is 5.26 Å². The molecule has 1 fully saturated rings. The van der Waals surface area contributed by atoms with Crippen LogP contribution in [0.4, 0.5) is 10.1 Å². The molecule has 1 heterocycles. The molecular weight excluding hydrogens is 399 g/mol. The number of rotatable bonds is 8. The maximum Gasteiger partial charge on any atom is 0.243 e. The second-order valence-electron chi connectivity index (χ2n) is 8.34. The average Bonchev–Trinajstić information content (AvgIpc) is 3.00. The van der Waals surface area contributed by atoms with Gasteiger partial charge in [0.15, 0.2) is 0 Å². The van der Waals surface area contributed by atoms with Gasteiger partial charge in [0.25, 0.3) is 0 Å². The van der Waals surface area contributed by atoms with Crippen LogP contribution in [0.1, 0.15) is 38.7 Å². The van der Waals surface area contributed by atoms with Gasteiger partial charge in [-0.3, -0.25) is 19.3 Å². The van der Waals surface area contributed by atoms with Gasteiger partial charge in [-0.25, -0.2) is 4.39 Å². The van der Waals surface area contributed by atoms with Crippen LogP contribution in [0.15, 0.2) is 30.4 Å². The van der Waals surface area contributed by atoms with Crippen molar-refractivity contribution in [2.45, 2.75) is 39.2 Å². The first-order valence-electron chi connectivity index (χ1n) is 10.6. The minimum absolute atomic E-state index is 0.0871. The summed E-state index contributed by atoms with van der Waals surface area (Å²) < 4.78 is 13.7. The monoisotopic (exact) mass is 426 g/mol. The maximum absolute atomic E-state index is 13.7. The highest BCUT2D eigenvalue weighted by Gasteiger charge is 2.51. The minimum atomic E-state index is -0.852. The van der Waals surface area contributed by atoms with E-state index in [0.717, 1.165) is 0 Å². The summed E-state index contributed by atoms with van der Waals surface area (Å²) >= 11 is 0. The van der Waals surface area contributed by atoms with E-state index >= 15 is 0 Å². The fourth-order valence-electron chi connectivity index (χ4n) is 4.20. The van der Waals surface area contributed by atoms with Gasteiger partial charge >= 0.3 is 0 Å². The van der Waals surface area contributed by atoms with Gasteiger partial charge in [0, 0.05) is 13.1 Å². The molecule has 0 radical (unpaired) electrons. The molecule has 31 heavy (non-hydrogen) atoms. The summed E-state index contributed by atoms with van der Waals surface area (Å²) in [5, 5.41) is 14.8. The van der Waals surface area contributed by atoms with Crippen LogP contribution in [0.3, 0.4) is 0 Å². The predicted molar refractivity (Wildman–Crippen MR) is 113 cm³/mol. The molecule has 0 spiro atoms. The van der Waals surface area contributed by atoms with Crippen molar-refractivity contribution in [2.75, 3.05) is 18.4 Å². The van der Waals surface area contributed by atoms with E-state index in [9.17, 15) is 18.8 Å². The van der Waals surface area contributed by atoms with Crippen LogP contribution in [0.2, 0.25) is 0 Å². The topological polar surface area (TPSA) is 102 Å². The molecule has 1 aromatic rings. The quantitative estimate of drug-likeness (QED) is 0.378. The highest BCUT2D eigenvalue weighted by molar-refractivity contribution is 6.08. The van der Waals surface area contributed by atoms with E-state index in [1.807, 2.05) is 32.1 Å². The number of carbonyl (C=O) groups excluding carboxylic acids is 3. The number of amides is 3. The van der Waals surface area contributed by atoms with Crippen LogP contribution in [0.5, 0.6) is 0 Å². The minimum Gasteiger partial charge on any atom is -0.382 e. The second-order valence-corrected chi connectivity index (χ2v) is 8.34. The number of nitrogens with zero attached hydrogens (tertiary/aromatic N) is 2. The first-order chi connectivity index (χ1) is 14.8. The SMILES string of the molecule is CC(C)CC(C(=O)NCCNc1cccc(F)c1C#N)N1C(=O)C2CC=CCC2C1=O. The standard InChI is InChI=1S/C23H27FN4O3/c1-14(2)12-20(28-22(30)15-6-3-4-7-16(15)23(28)31)21(29)27-11-10-26-19-9-5-8-18(24)17(19)13-25/h3-5,8-9,14-16,20,26H,6-7,10-12H2,1-2H3,(H,27,29). The van der Waals surface area contributed by atoms with Crippen LogP contribution >= 0.6 is 0 Å². The summed E-state index contributed by atoms with van der Waals surface area (Å²) in [5.41, 5.74) is 0.257. The fourth-order valence-corrected chi connectivity index (χ4v) is 4.20. The van der Waals surface area contributed by atoms with Gasteiger partial charge in [-0.15, -0.1) is 0 Å². The summed E-state index contributed by atoms with van der Waals surface area (Å²) in [6, 6.07) is 5.25. The Hall–Kier alpha value is -3.21. The number of nitriles is 1. The Morgan fingerprint density at radius 3 is 2.42 bits per heavy atom. The van der Waals surface area contributed by atoms with Gasteiger partial charge in [-0.2, -0.15) is 5.26 Å². The molecule has 0 saturated carbocycles. The molecular formula is C23H27FN4O3. The molecule has 1 saturated heterocycles. The molecule has 1 aromatic carbocycles. The van der Waals surface area contributed by atoms with Gasteiger partial charge in [-0.05, 0) is 37.3 Å². The molecule has 3 rings (SSSR count). The summed E-state index contributed by atoms with van der Waals surface area (Å²) in [6.45, 7) is 4.33. The summed E-state index contributed by atoms with van der Waals surface area (Å²) in [7, 11) is 0. The third-order valence-corrected chi connectivity index (χ3v) is 5.72. The van der Waals surface area contributed by atoms with Gasteiger partial charge < -0.3 is 10.6 Å². The van der Waals surface area contributed by atoms with Gasteiger partial charge in [0.1, 0.15) is 23.5 Å². The zero-order chi connectivity index (χ0) is 22.5. The van der Waals surface area contributed by atoms with Crippen molar-refractivity contribution in [3.05, 3.63) is 41.7 Å². The molecule has 3 unspecified atom stereocenters. The summed E-state index contributed by atoms with van der Waals surface area (Å²) in [4.78, 5) is 39.9. The molecule has 3 atom stereocenters. The van der Waals surface area contributed by atoms with E-state index in [4.69, 9.17) is 5.26 Å². The van der Waals surface area contributed by atoms with Crippen molar-refractivity contribution in [2.24, 2.45) is 17.8 Å². The Bertz CT molecular complexity index is 911. The van der Waals surface area contributed by atoms with Crippen LogP contribution < -0.4 is 10.6 Å². The normalized spacial score (nSPS) is 21.1. The molecule has 2 N–H and O–H groups in total. The van der Waals surface area contributed by atoms with Crippen molar-refractivity contribution in [1.82, 2.24) is 10.2 Å². The number of imide groups is 1. The van der Waals surface area contributed by atoms with Crippen molar-refractivity contribution >= 4 is 23.4 Å². The molecule has 2 aliphatic rings. The van der Waals surface area contributed by atoms with E-state index < -0.39 is 11.9 Å². The smallest absolute Gasteiger partial charge is 0.243 e. The number of hydrogen-bond acceptors (Lipinski definition) is 5. The summed E-state index contributed by atoms with van der Waals surface area (Å²) in [5.74, 6) is -2.17. The molecule has 164 valence electrons. The largest absolute Gasteiger partial charge is 0.382 e. The first-order valence-corrected chi connectivity index (χ1v) is 10.6. The zero-order valence-corrected chi connectivity index (χ0v) is 17.7. The Kier molecular flexibility index (Phi) is 7.06.